The zero-order valence-corrected chi connectivity index (χ0v) is 16.4. The van der Waals surface area contributed by atoms with Crippen molar-refractivity contribution in [3.05, 3.63) is 59.3 Å². The largest absolute Gasteiger partial charge is 0.466 e. The number of carbonyl (C=O) groups excluding carboxylic acids is 3. The van der Waals surface area contributed by atoms with Crippen LogP contribution in [0.5, 0.6) is 0 Å². The molecular weight excluding hydrogens is 396 g/mol. The number of amides is 2. The van der Waals surface area contributed by atoms with Crippen molar-refractivity contribution in [3.63, 3.8) is 0 Å². The summed E-state index contributed by atoms with van der Waals surface area (Å²) < 4.78 is 10.5. The molecule has 2 aromatic carbocycles. The summed E-state index contributed by atoms with van der Waals surface area (Å²) in [6.45, 7) is 1.95. The highest BCUT2D eigenvalue weighted by Gasteiger charge is 2.22. The SMILES string of the molecule is CCOC(=O)CCC(=O)Nc1c(C(=O)Nc2ccc(Cl)cc2)oc2ccccc12. The lowest BCUT2D eigenvalue weighted by atomic mass is 10.2. The maximum Gasteiger partial charge on any atom is 0.306 e. The van der Waals surface area contributed by atoms with Crippen molar-refractivity contribution in [2.75, 3.05) is 17.2 Å². The van der Waals surface area contributed by atoms with Crippen LogP contribution in [0.25, 0.3) is 11.0 Å². The van der Waals surface area contributed by atoms with E-state index >= 15 is 0 Å². The number of carbonyl (C=O) groups is 3. The van der Waals surface area contributed by atoms with Crippen LogP contribution in [-0.2, 0) is 14.3 Å². The topological polar surface area (TPSA) is 97.6 Å². The van der Waals surface area contributed by atoms with E-state index in [-0.39, 0.29) is 30.9 Å². The van der Waals surface area contributed by atoms with Gasteiger partial charge < -0.3 is 19.8 Å². The van der Waals surface area contributed by atoms with Gasteiger partial charge in [-0.25, -0.2) is 0 Å². The molecule has 0 aliphatic heterocycles. The standard InChI is InChI=1S/C21H19ClN2O5/c1-2-28-18(26)12-11-17(25)24-19-15-5-3-4-6-16(15)29-20(19)21(27)23-14-9-7-13(22)8-10-14/h3-10H,2,11-12H2,1H3,(H,23,27)(H,24,25). The number of esters is 1. The Morgan fingerprint density at radius 1 is 1.00 bits per heavy atom. The molecule has 1 heterocycles. The monoisotopic (exact) mass is 414 g/mol. The number of furan rings is 1. The second-order valence-electron chi connectivity index (χ2n) is 6.12. The summed E-state index contributed by atoms with van der Waals surface area (Å²) in [7, 11) is 0. The first-order valence-electron chi connectivity index (χ1n) is 9.02. The number of anilines is 2. The van der Waals surface area contributed by atoms with Crippen molar-refractivity contribution in [3.8, 4) is 0 Å². The Hall–Kier alpha value is -3.32. The first-order chi connectivity index (χ1) is 14.0. The Morgan fingerprint density at radius 2 is 1.72 bits per heavy atom. The van der Waals surface area contributed by atoms with Crippen LogP contribution in [0.1, 0.15) is 30.3 Å². The Labute approximate surface area is 172 Å². The van der Waals surface area contributed by atoms with Gasteiger partial charge in [0.15, 0.2) is 0 Å². The molecule has 0 fully saturated rings. The van der Waals surface area contributed by atoms with Crippen LogP contribution in [0.15, 0.2) is 52.9 Å². The third kappa shape index (κ3) is 5.14. The van der Waals surface area contributed by atoms with Crippen molar-refractivity contribution in [1.29, 1.82) is 0 Å². The summed E-state index contributed by atoms with van der Waals surface area (Å²) in [5.41, 5.74) is 1.23. The summed E-state index contributed by atoms with van der Waals surface area (Å²) in [6.07, 6.45) is -0.127. The first-order valence-corrected chi connectivity index (χ1v) is 9.39. The zero-order valence-electron chi connectivity index (χ0n) is 15.7. The molecule has 3 rings (SSSR count). The fraction of sp³-hybridized carbons (Fsp3) is 0.190. The highest BCUT2D eigenvalue weighted by Crippen LogP contribution is 2.31. The Morgan fingerprint density at radius 3 is 2.45 bits per heavy atom. The van der Waals surface area contributed by atoms with Gasteiger partial charge in [0.05, 0.1) is 13.0 Å². The zero-order chi connectivity index (χ0) is 20.8. The van der Waals surface area contributed by atoms with Crippen LogP contribution in [0.4, 0.5) is 11.4 Å². The van der Waals surface area contributed by atoms with Crippen LogP contribution in [0, 0.1) is 0 Å². The molecule has 29 heavy (non-hydrogen) atoms. The molecule has 2 amide bonds. The van der Waals surface area contributed by atoms with Crippen LogP contribution < -0.4 is 10.6 Å². The van der Waals surface area contributed by atoms with Crippen molar-refractivity contribution < 1.29 is 23.5 Å². The van der Waals surface area contributed by atoms with Gasteiger partial charge in [0.2, 0.25) is 11.7 Å². The molecule has 0 aliphatic carbocycles. The van der Waals surface area contributed by atoms with Gasteiger partial charge in [-0.15, -0.1) is 0 Å². The normalized spacial score (nSPS) is 10.6. The lowest BCUT2D eigenvalue weighted by Gasteiger charge is -2.07. The molecular formula is C21H19ClN2O5. The van der Waals surface area contributed by atoms with Crippen LogP contribution in [0.3, 0.4) is 0 Å². The van der Waals surface area contributed by atoms with Crippen molar-refractivity contribution >= 4 is 51.7 Å². The van der Waals surface area contributed by atoms with Gasteiger partial charge in [0.25, 0.3) is 5.91 Å². The molecule has 150 valence electrons. The van der Waals surface area contributed by atoms with Gasteiger partial charge in [0.1, 0.15) is 11.3 Å². The molecule has 0 spiro atoms. The molecule has 0 radical (unpaired) electrons. The molecule has 1 aromatic heterocycles. The second kappa shape index (κ2) is 9.25. The first kappa shape index (κ1) is 20.4. The molecule has 2 N–H and O–H groups in total. The minimum absolute atomic E-state index is 0.0364. The maximum absolute atomic E-state index is 12.8. The van der Waals surface area contributed by atoms with Gasteiger partial charge in [-0.2, -0.15) is 0 Å². The summed E-state index contributed by atoms with van der Waals surface area (Å²) in [6, 6.07) is 13.6. The molecule has 3 aromatic rings. The lowest BCUT2D eigenvalue weighted by molar-refractivity contribution is -0.144. The van der Waals surface area contributed by atoms with Gasteiger partial charge in [0, 0.05) is 22.5 Å². The minimum Gasteiger partial charge on any atom is -0.466 e. The summed E-state index contributed by atoms with van der Waals surface area (Å²) in [5.74, 6) is -1.44. The van der Waals surface area contributed by atoms with E-state index in [0.29, 0.717) is 21.7 Å². The number of hydrogen-bond acceptors (Lipinski definition) is 5. The Balaban J connectivity index is 1.82. The number of benzene rings is 2. The fourth-order valence-electron chi connectivity index (χ4n) is 2.70. The summed E-state index contributed by atoms with van der Waals surface area (Å²) in [4.78, 5) is 36.6. The molecule has 0 saturated heterocycles. The molecule has 0 atom stereocenters. The van der Waals surface area contributed by atoms with E-state index in [1.165, 1.54) is 0 Å². The number of ether oxygens (including phenoxy) is 1. The molecule has 7 nitrogen and oxygen atoms in total. The smallest absolute Gasteiger partial charge is 0.306 e. The number of nitrogens with one attached hydrogen (secondary N) is 2. The van der Waals surface area contributed by atoms with Crippen molar-refractivity contribution in [1.82, 2.24) is 0 Å². The van der Waals surface area contributed by atoms with E-state index in [1.54, 1.807) is 55.5 Å². The van der Waals surface area contributed by atoms with Crippen molar-refractivity contribution in [2.45, 2.75) is 19.8 Å². The van der Waals surface area contributed by atoms with E-state index in [2.05, 4.69) is 10.6 Å². The van der Waals surface area contributed by atoms with Gasteiger partial charge >= 0.3 is 5.97 Å². The molecule has 8 heteroatoms. The molecule has 0 bridgehead atoms. The third-order valence-electron chi connectivity index (χ3n) is 4.03. The van der Waals surface area contributed by atoms with E-state index < -0.39 is 17.8 Å². The van der Waals surface area contributed by atoms with Crippen molar-refractivity contribution in [2.24, 2.45) is 0 Å². The van der Waals surface area contributed by atoms with Crippen LogP contribution in [0.2, 0.25) is 5.02 Å². The quantitative estimate of drug-likeness (QED) is 0.550. The van der Waals surface area contributed by atoms with Gasteiger partial charge in [-0.1, -0.05) is 23.7 Å². The summed E-state index contributed by atoms with van der Waals surface area (Å²) >= 11 is 5.86. The fourth-order valence-corrected chi connectivity index (χ4v) is 2.83. The van der Waals surface area contributed by atoms with E-state index in [4.69, 9.17) is 20.8 Å². The lowest BCUT2D eigenvalue weighted by Crippen LogP contribution is -2.18. The maximum atomic E-state index is 12.8. The number of para-hydroxylation sites is 1. The van der Waals surface area contributed by atoms with Crippen LogP contribution in [-0.4, -0.2) is 24.4 Å². The van der Waals surface area contributed by atoms with Gasteiger partial charge in [-0.05, 0) is 43.3 Å². The Kier molecular flexibility index (Phi) is 6.51. The highest BCUT2D eigenvalue weighted by molar-refractivity contribution is 6.30. The molecule has 0 unspecified atom stereocenters. The molecule has 0 saturated carbocycles. The number of hydrogen-bond donors (Lipinski definition) is 2. The van der Waals surface area contributed by atoms with E-state index in [0.717, 1.165) is 0 Å². The average Bonchev–Trinajstić information content (AvgIpc) is 3.07. The van der Waals surface area contributed by atoms with E-state index in [9.17, 15) is 14.4 Å². The third-order valence-corrected chi connectivity index (χ3v) is 4.28. The minimum atomic E-state index is -0.524. The van der Waals surface area contributed by atoms with Crippen LogP contribution >= 0.6 is 11.6 Å². The number of rotatable bonds is 7. The predicted molar refractivity (Wildman–Crippen MR) is 110 cm³/mol. The summed E-state index contributed by atoms with van der Waals surface area (Å²) in [5, 5.41) is 6.52. The predicted octanol–water partition coefficient (Wildman–Crippen LogP) is 4.62. The number of fused-ring (bicyclic) bond motifs is 1. The van der Waals surface area contributed by atoms with Gasteiger partial charge in [-0.3, -0.25) is 14.4 Å². The van der Waals surface area contributed by atoms with E-state index in [1.807, 2.05) is 0 Å². The second-order valence-corrected chi connectivity index (χ2v) is 6.55. The Bertz CT molecular complexity index is 1040. The number of halogens is 1. The highest BCUT2D eigenvalue weighted by atomic mass is 35.5. The molecule has 0 aliphatic rings. The average molecular weight is 415 g/mol.